The largest absolute Gasteiger partial charge is 0.389 e. The van der Waals surface area contributed by atoms with E-state index in [2.05, 4.69) is 26.3 Å². The van der Waals surface area contributed by atoms with E-state index in [9.17, 15) is 5.11 Å². The molecule has 2 heterocycles. The molecule has 0 aliphatic heterocycles. The Labute approximate surface area is 111 Å². The molecule has 0 amide bonds. The molecule has 0 radical (unpaired) electrons. The minimum Gasteiger partial charge on any atom is -0.389 e. The average molecular weight is 265 g/mol. The van der Waals surface area contributed by atoms with Crippen molar-refractivity contribution in [2.24, 2.45) is 0 Å². The van der Waals surface area contributed by atoms with E-state index in [1.165, 1.54) is 5.69 Å². The summed E-state index contributed by atoms with van der Waals surface area (Å²) in [5.41, 5.74) is 1.80. The molecule has 0 atom stereocenters. The van der Waals surface area contributed by atoms with Gasteiger partial charge in [0.05, 0.1) is 17.0 Å². The fraction of sp³-hybridized carbons (Fsp3) is 0.615. The lowest BCUT2D eigenvalue weighted by Gasteiger charge is -2.22. The summed E-state index contributed by atoms with van der Waals surface area (Å²) in [6.07, 6.45) is 6.22. The fourth-order valence-corrected chi connectivity index (χ4v) is 3.56. The van der Waals surface area contributed by atoms with E-state index in [4.69, 9.17) is 0 Å². The minimum atomic E-state index is -0.480. The van der Waals surface area contributed by atoms with E-state index in [1.807, 2.05) is 6.92 Å². The van der Waals surface area contributed by atoms with E-state index < -0.39 is 5.60 Å². The van der Waals surface area contributed by atoms with E-state index in [-0.39, 0.29) is 0 Å². The lowest BCUT2D eigenvalue weighted by Crippen LogP contribution is -2.37. The molecule has 0 spiro atoms. The van der Waals surface area contributed by atoms with E-state index >= 15 is 0 Å². The Morgan fingerprint density at radius 1 is 1.50 bits per heavy atom. The van der Waals surface area contributed by atoms with Gasteiger partial charge in [-0.15, -0.1) is 11.3 Å². The van der Waals surface area contributed by atoms with Crippen molar-refractivity contribution in [2.75, 3.05) is 6.54 Å². The van der Waals surface area contributed by atoms with Gasteiger partial charge >= 0.3 is 0 Å². The van der Waals surface area contributed by atoms with E-state index in [0.717, 1.165) is 42.9 Å². The van der Waals surface area contributed by atoms with Crippen LogP contribution in [0.4, 0.5) is 0 Å². The number of thiazole rings is 1. The number of nitrogens with one attached hydrogen (secondary N) is 1. The van der Waals surface area contributed by atoms with Crippen LogP contribution in [0.5, 0.6) is 0 Å². The van der Waals surface area contributed by atoms with Crippen LogP contribution in [0.1, 0.15) is 37.1 Å². The van der Waals surface area contributed by atoms with Crippen LogP contribution in [0.25, 0.3) is 4.96 Å². The number of hydrogen-bond acceptors (Lipinski definition) is 4. The van der Waals surface area contributed by atoms with Crippen molar-refractivity contribution in [1.29, 1.82) is 0 Å². The van der Waals surface area contributed by atoms with Gasteiger partial charge in [-0.2, -0.15) is 0 Å². The molecule has 0 saturated heterocycles. The quantitative estimate of drug-likeness (QED) is 0.890. The number of fused-ring (bicyclic) bond motifs is 1. The summed E-state index contributed by atoms with van der Waals surface area (Å²) in [4.78, 5) is 5.57. The molecule has 5 heteroatoms. The van der Waals surface area contributed by atoms with Crippen LogP contribution >= 0.6 is 11.3 Å². The first-order valence-corrected chi connectivity index (χ1v) is 7.40. The van der Waals surface area contributed by atoms with Gasteiger partial charge in [-0.25, -0.2) is 4.98 Å². The van der Waals surface area contributed by atoms with E-state index in [1.54, 1.807) is 11.3 Å². The molecule has 1 saturated carbocycles. The summed E-state index contributed by atoms with van der Waals surface area (Å²) >= 11 is 1.66. The van der Waals surface area contributed by atoms with E-state index in [0.29, 0.717) is 6.54 Å². The Morgan fingerprint density at radius 3 is 3.06 bits per heavy atom. The fourth-order valence-electron chi connectivity index (χ4n) is 2.78. The zero-order chi connectivity index (χ0) is 12.6. The molecule has 1 aliphatic rings. The van der Waals surface area contributed by atoms with Crippen LogP contribution in [0.15, 0.2) is 11.6 Å². The van der Waals surface area contributed by atoms with Crippen LogP contribution in [0, 0.1) is 6.92 Å². The molecule has 18 heavy (non-hydrogen) atoms. The predicted molar refractivity (Wildman–Crippen MR) is 72.9 cm³/mol. The average Bonchev–Trinajstić information content (AvgIpc) is 2.99. The van der Waals surface area contributed by atoms with Crippen molar-refractivity contribution in [2.45, 2.75) is 44.8 Å². The zero-order valence-corrected chi connectivity index (χ0v) is 11.5. The van der Waals surface area contributed by atoms with Crippen LogP contribution in [0.3, 0.4) is 0 Å². The number of aliphatic hydroxyl groups is 1. The minimum absolute atomic E-state index is 0.480. The van der Waals surface area contributed by atoms with Gasteiger partial charge in [-0.05, 0) is 19.8 Å². The van der Waals surface area contributed by atoms with Crippen LogP contribution in [-0.2, 0) is 6.54 Å². The highest BCUT2D eigenvalue weighted by Gasteiger charge is 2.30. The third-order valence-corrected chi connectivity index (χ3v) is 4.60. The molecule has 0 bridgehead atoms. The molecule has 4 nitrogen and oxygen atoms in total. The van der Waals surface area contributed by atoms with Crippen molar-refractivity contribution in [3.8, 4) is 0 Å². The smallest absolute Gasteiger partial charge is 0.194 e. The molecular weight excluding hydrogens is 246 g/mol. The van der Waals surface area contributed by atoms with Gasteiger partial charge in [0.2, 0.25) is 0 Å². The Morgan fingerprint density at radius 2 is 2.28 bits per heavy atom. The van der Waals surface area contributed by atoms with Crippen molar-refractivity contribution in [3.05, 3.63) is 23.0 Å². The van der Waals surface area contributed by atoms with Crippen molar-refractivity contribution < 1.29 is 5.11 Å². The van der Waals surface area contributed by atoms with Gasteiger partial charge in [-0.1, -0.05) is 12.8 Å². The third-order valence-electron chi connectivity index (χ3n) is 3.84. The number of aromatic nitrogens is 2. The Bertz CT molecular complexity index is 539. The topological polar surface area (TPSA) is 49.6 Å². The predicted octanol–water partition coefficient (Wildman–Crippen LogP) is 2.10. The first-order valence-electron chi connectivity index (χ1n) is 6.52. The van der Waals surface area contributed by atoms with Crippen LogP contribution in [0.2, 0.25) is 0 Å². The molecule has 2 aromatic rings. The Balaban J connectivity index is 1.66. The maximum atomic E-state index is 10.3. The van der Waals surface area contributed by atoms with Gasteiger partial charge in [0.1, 0.15) is 0 Å². The normalized spacial score (nSPS) is 18.8. The summed E-state index contributed by atoms with van der Waals surface area (Å²) < 4.78 is 2.13. The second-order valence-electron chi connectivity index (χ2n) is 5.23. The second-order valence-corrected chi connectivity index (χ2v) is 6.11. The maximum Gasteiger partial charge on any atom is 0.194 e. The molecular formula is C13H19N3OS. The molecule has 1 aliphatic carbocycles. The molecule has 1 fully saturated rings. The summed E-state index contributed by atoms with van der Waals surface area (Å²) in [5.74, 6) is 0. The maximum absolute atomic E-state index is 10.3. The first kappa shape index (κ1) is 12.1. The highest BCUT2D eigenvalue weighted by molar-refractivity contribution is 7.15. The van der Waals surface area contributed by atoms with Gasteiger partial charge < -0.3 is 10.4 Å². The van der Waals surface area contributed by atoms with Gasteiger partial charge in [0.15, 0.2) is 4.96 Å². The molecule has 3 rings (SSSR count). The first-order chi connectivity index (χ1) is 8.68. The van der Waals surface area contributed by atoms with Crippen LogP contribution < -0.4 is 5.32 Å². The van der Waals surface area contributed by atoms with Crippen molar-refractivity contribution in [3.63, 3.8) is 0 Å². The molecule has 0 unspecified atom stereocenters. The number of nitrogens with zero attached hydrogens (tertiary/aromatic N) is 2. The lowest BCUT2D eigenvalue weighted by molar-refractivity contribution is 0.0474. The number of aryl methyl sites for hydroxylation is 1. The Hall–Kier alpha value is -0.910. The number of rotatable bonds is 4. The van der Waals surface area contributed by atoms with Gasteiger partial charge in [0, 0.05) is 24.7 Å². The summed E-state index contributed by atoms with van der Waals surface area (Å²) in [6.45, 7) is 3.50. The summed E-state index contributed by atoms with van der Waals surface area (Å²) in [5, 5.41) is 15.7. The van der Waals surface area contributed by atoms with Crippen molar-refractivity contribution >= 4 is 16.3 Å². The SMILES string of the molecule is Cc1nc2sccn2c1CNCC1(O)CCCC1. The third kappa shape index (κ3) is 2.18. The standard InChI is InChI=1S/C13H19N3OS/c1-10-11(16-6-7-18-12(16)15-10)8-14-9-13(17)4-2-3-5-13/h6-7,14,17H,2-5,8-9H2,1H3. The van der Waals surface area contributed by atoms with Gasteiger partial charge in [-0.3, -0.25) is 4.40 Å². The second kappa shape index (κ2) is 4.64. The zero-order valence-electron chi connectivity index (χ0n) is 10.6. The monoisotopic (exact) mass is 265 g/mol. The molecule has 0 aromatic carbocycles. The molecule has 2 aromatic heterocycles. The lowest BCUT2D eigenvalue weighted by atomic mass is 10.0. The number of hydrogen-bond donors (Lipinski definition) is 2. The summed E-state index contributed by atoms with van der Waals surface area (Å²) in [6, 6.07) is 0. The molecule has 2 N–H and O–H groups in total. The Kier molecular flexibility index (Phi) is 3.13. The summed E-state index contributed by atoms with van der Waals surface area (Å²) in [7, 11) is 0. The highest BCUT2D eigenvalue weighted by Crippen LogP contribution is 2.28. The van der Waals surface area contributed by atoms with Crippen LogP contribution in [-0.4, -0.2) is 26.6 Å². The molecule has 98 valence electrons. The van der Waals surface area contributed by atoms with Crippen molar-refractivity contribution in [1.82, 2.24) is 14.7 Å². The highest BCUT2D eigenvalue weighted by atomic mass is 32.1. The van der Waals surface area contributed by atoms with Gasteiger partial charge in [0.25, 0.3) is 0 Å². The number of imidazole rings is 1.